The molecular weight excluding hydrogens is 570 g/mol. The fourth-order valence-corrected chi connectivity index (χ4v) is 7.28. The van der Waals surface area contributed by atoms with Crippen LogP contribution < -0.4 is 5.32 Å². The van der Waals surface area contributed by atoms with Gasteiger partial charge in [0.1, 0.15) is 6.61 Å². The number of methoxy groups -OCH3 is 1. The highest BCUT2D eigenvalue weighted by Crippen LogP contribution is 2.33. The fourth-order valence-electron chi connectivity index (χ4n) is 4.79. The molecule has 1 N–H and O–H groups in total. The Bertz CT molecular complexity index is 1370. The number of nitrogens with zero attached hydrogens (tertiary/aromatic N) is 4. The highest BCUT2D eigenvalue weighted by molar-refractivity contribution is 7.92. The Morgan fingerprint density at radius 2 is 1.98 bits per heavy atom. The van der Waals surface area contributed by atoms with E-state index in [2.05, 4.69) is 27.3 Å². The normalized spacial score (nSPS) is 22.1. The minimum absolute atomic E-state index is 0.0112. The topological polar surface area (TPSA) is 140 Å². The molecule has 2 aliphatic heterocycles. The summed E-state index contributed by atoms with van der Waals surface area (Å²) in [4.78, 5) is 40.8. The summed E-state index contributed by atoms with van der Waals surface area (Å²) in [5, 5.41) is 7.07. The van der Waals surface area contributed by atoms with Gasteiger partial charge >= 0.3 is 0 Å². The second-order valence-electron chi connectivity index (χ2n) is 10.5. The van der Waals surface area contributed by atoms with E-state index in [1.54, 1.807) is 18.3 Å². The zero-order valence-electron chi connectivity index (χ0n) is 23.2. The second kappa shape index (κ2) is 12.9. The number of ether oxygens (including phenoxy) is 2. The first-order valence-electron chi connectivity index (χ1n) is 13.7. The molecule has 1 aliphatic carbocycles. The van der Waals surface area contributed by atoms with Gasteiger partial charge in [-0.1, -0.05) is 17.3 Å². The molecule has 41 heavy (non-hydrogen) atoms. The van der Waals surface area contributed by atoms with Crippen molar-refractivity contribution in [2.45, 2.75) is 55.0 Å². The molecule has 0 bridgehead atoms. The number of sulfone groups is 1. The Balaban J connectivity index is 1.25. The maximum Gasteiger partial charge on any atom is 0.280 e. The van der Waals surface area contributed by atoms with Crippen molar-refractivity contribution in [2.24, 2.45) is 5.16 Å². The van der Waals surface area contributed by atoms with Gasteiger partial charge in [0.2, 0.25) is 5.91 Å². The van der Waals surface area contributed by atoms with E-state index in [0.717, 1.165) is 11.4 Å². The molecule has 5 rings (SSSR count). The third kappa shape index (κ3) is 7.30. The largest absolute Gasteiger partial charge is 0.389 e. The molecule has 0 spiro atoms. The van der Waals surface area contributed by atoms with Crippen LogP contribution in [0, 0.1) is 0 Å². The van der Waals surface area contributed by atoms with E-state index in [-0.39, 0.29) is 40.5 Å². The molecule has 1 aromatic heterocycles. The number of piperazine rings is 1. The van der Waals surface area contributed by atoms with Crippen molar-refractivity contribution >= 4 is 43.8 Å². The summed E-state index contributed by atoms with van der Waals surface area (Å²) in [6.45, 7) is 5.73. The monoisotopic (exact) mass is 605 g/mol. The average Bonchev–Trinajstić information content (AvgIpc) is 3.54. The minimum atomic E-state index is -3.35. The lowest BCUT2D eigenvalue weighted by Gasteiger charge is -2.39. The molecule has 12 nitrogen and oxygen atoms in total. The first kappa shape index (κ1) is 29.6. The Labute approximate surface area is 243 Å². The van der Waals surface area contributed by atoms with Crippen LogP contribution in [0.3, 0.4) is 0 Å². The van der Waals surface area contributed by atoms with Crippen molar-refractivity contribution in [2.75, 3.05) is 51.9 Å². The van der Waals surface area contributed by atoms with Crippen molar-refractivity contribution in [1.29, 1.82) is 0 Å². The van der Waals surface area contributed by atoms with Crippen LogP contribution in [-0.2, 0) is 40.3 Å². The van der Waals surface area contributed by atoms with E-state index in [9.17, 15) is 18.0 Å². The van der Waals surface area contributed by atoms with Crippen LogP contribution in [0.4, 0.5) is 5.13 Å². The van der Waals surface area contributed by atoms with E-state index in [0.29, 0.717) is 62.8 Å². The Morgan fingerprint density at radius 1 is 1.20 bits per heavy atom. The summed E-state index contributed by atoms with van der Waals surface area (Å²) in [6.07, 6.45) is 3.49. The summed E-state index contributed by atoms with van der Waals surface area (Å²) in [6, 6.07) is 6.33. The number of hydrogen-bond donors (Lipinski definition) is 1. The van der Waals surface area contributed by atoms with Crippen molar-refractivity contribution in [3.05, 3.63) is 40.9 Å². The van der Waals surface area contributed by atoms with Crippen LogP contribution in [0.5, 0.6) is 0 Å². The van der Waals surface area contributed by atoms with Gasteiger partial charge < -0.3 is 19.2 Å². The van der Waals surface area contributed by atoms with Crippen molar-refractivity contribution < 1.29 is 32.3 Å². The van der Waals surface area contributed by atoms with E-state index >= 15 is 0 Å². The number of oxime groups is 1. The Morgan fingerprint density at radius 3 is 2.63 bits per heavy atom. The summed E-state index contributed by atoms with van der Waals surface area (Å²) >= 11 is 1.36. The molecule has 3 heterocycles. The molecule has 2 saturated heterocycles. The van der Waals surface area contributed by atoms with Gasteiger partial charge in [-0.25, -0.2) is 13.4 Å². The number of hydrogen-bond acceptors (Lipinski definition) is 11. The number of carbonyl (C=O) groups is 2. The lowest BCUT2D eigenvalue weighted by atomic mass is 10.1. The Hall–Kier alpha value is -2.91. The number of carbonyl (C=O) groups excluding carboxylic acids is 2. The molecule has 0 radical (unpaired) electrons. The van der Waals surface area contributed by atoms with Crippen LogP contribution in [0.15, 0.2) is 40.5 Å². The van der Waals surface area contributed by atoms with Gasteiger partial charge in [0.15, 0.2) is 26.8 Å². The van der Waals surface area contributed by atoms with Crippen molar-refractivity contribution in [3.8, 4) is 0 Å². The predicted octanol–water partition coefficient (Wildman–Crippen LogP) is 1.91. The maximum atomic E-state index is 13.4. The smallest absolute Gasteiger partial charge is 0.280 e. The number of aromatic nitrogens is 1. The fraction of sp³-hybridized carbons (Fsp3) is 0.556. The lowest BCUT2D eigenvalue weighted by Crippen LogP contribution is -2.53. The first-order valence-corrected chi connectivity index (χ1v) is 16.0. The number of thiazole rings is 1. The molecule has 2 aromatic rings. The van der Waals surface area contributed by atoms with E-state index < -0.39 is 15.7 Å². The van der Waals surface area contributed by atoms with Gasteiger partial charge in [-0.2, -0.15) is 0 Å². The molecule has 222 valence electrons. The third-order valence-corrected chi connectivity index (χ3v) is 10.5. The minimum Gasteiger partial charge on any atom is -0.389 e. The number of nitrogens with one attached hydrogen (secondary N) is 1. The molecule has 1 aromatic carbocycles. The highest BCUT2D eigenvalue weighted by atomic mass is 32.2. The molecule has 0 unspecified atom stereocenters. The van der Waals surface area contributed by atoms with Gasteiger partial charge in [0.05, 0.1) is 23.4 Å². The molecular formula is C27H35N5O7S2. The summed E-state index contributed by atoms with van der Waals surface area (Å²) in [7, 11) is -1.84. The number of anilines is 1. The Kier molecular flexibility index (Phi) is 9.34. The van der Waals surface area contributed by atoms with Crippen LogP contribution >= 0.6 is 11.3 Å². The first-order chi connectivity index (χ1) is 19.7. The van der Waals surface area contributed by atoms with Crippen LogP contribution in [0.25, 0.3) is 0 Å². The number of rotatable bonds is 11. The van der Waals surface area contributed by atoms with Gasteiger partial charge in [-0.3, -0.25) is 19.8 Å². The van der Waals surface area contributed by atoms with E-state index in [4.69, 9.17) is 14.3 Å². The summed E-state index contributed by atoms with van der Waals surface area (Å²) < 4.78 is 35.5. The number of benzene rings is 1. The van der Waals surface area contributed by atoms with Crippen molar-refractivity contribution in [1.82, 2.24) is 14.8 Å². The zero-order valence-corrected chi connectivity index (χ0v) is 24.8. The van der Waals surface area contributed by atoms with E-state index in [1.807, 2.05) is 4.90 Å². The van der Waals surface area contributed by atoms with Gasteiger partial charge in [0, 0.05) is 62.4 Å². The van der Waals surface area contributed by atoms with Crippen molar-refractivity contribution in [3.63, 3.8) is 0 Å². The molecule has 1 saturated carbocycles. The number of amides is 2. The maximum absolute atomic E-state index is 13.4. The van der Waals surface area contributed by atoms with Crippen LogP contribution in [0.1, 0.15) is 36.6 Å². The average molecular weight is 606 g/mol. The molecule has 2 amide bonds. The third-order valence-electron chi connectivity index (χ3n) is 7.33. The molecule has 2 atom stereocenters. The lowest BCUT2D eigenvalue weighted by molar-refractivity contribution is -0.138. The van der Waals surface area contributed by atoms with Gasteiger partial charge in [0.25, 0.3) is 5.91 Å². The predicted molar refractivity (Wildman–Crippen MR) is 153 cm³/mol. The summed E-state index contributed by atoms with van der Waals surface area (Å²) in [5.41, 5.74) is 0.456. The molecule has 3 aliphatic rings. The quantitative estimate of drug-likeness (QED) is 0.301. The highest BCUT2D eigenvalue weighted by Gasteiger charge is 2.37. The molecule has 3 fully saturated rings. The van der Waals surface area contributed by atoms with Crippen LogP contribution in [0.2, 0.25) is 0 Å². The second-order valence-corrected chi connectivity index (χ2v) is 13.8. The summed E-state index contributed by atoms with van der Waals surface area (Å²) in [5.74, 6) is -0.524. The SMILES string of the molecule is COCC(=O)N1CCN(Cc2cnc(NC(=O)C(=NO[C@@H]3CCOC3)c3ccc(S(=O)(=O)C4CC4)cc3)s2)[C@@H](C)C1. The zero-order chi connectivity index (χ0) is 29.0. The van der Waals surface area contributed by atoms with Crippen LogP contribution in [-0.4, -0.2) is 105 Å². The van der Waals surface area contributed by atoms with Gasteiger partial charge in [-0.05, 0) is 31.9 Å². The van der Waals surface area contributed by atoms with Gasteiger partial charge in [-0.15, -0.1) is 11.3 Å². The standard InChI is InChI=1S/C27H35N5O7S2/c1-18-14-32(24(33)17-37-2)11-10-31(18)15-21-13-28-27(40-21)29-26(34)25(30-39-20-9-12-38-16-20)19-3-5-22(6-4-19)41(35,36)23-7-8-23/h3-6,13,18,20,23H,7-12,14-17H2,1-2H3,(H,28,29,34)/t18-,20+/m0/s1. The van der Waals surface area contributed by atoms with E-state index in [1.165, 1.54) is 30.6 Å². The molecule has 14 heteroatoms.